The average molecular weight is 338 g/mol. The number of nitrogens with one attached hydrogen (secondary N) is 1. The van der Waals surface area contributed by atoms with Gasteiger partial charge in [-0.15, -0.1) is 0 Å². The third-order valence-corrected chi connectivity index (χ3v) is 4.67. The van der Waals surface area contributed by atoms with Crippen molar-refractivity contribution < 1.29 is 4.79 Å². The van der Waals surface area contributed by atoms with E-state index in [9.17, 15) is 4.79 Å². The fourth-order valence-electron chi connectivity index (χ4n) is 3.37. The summed E-state index contributed by atoms with van der Waals surface area (Å²) in [6, 6.07) is 14.6. The summed E-state index contributed by atoms with van der Waals surface area (Å²) in [5.41, 5.74) is 9.06. The lowest BCUT2D eigenvalue weighted by Gasteiger charge is -2.31. The quantitative estimate of drug-likeness (QED) is 0.811. The smallest absolute Gasteiger partial charge is 0.221 e. The highest BCUT2D eigenvalue weighted by atomic mass is 16.1. The molecule has 3 N–H and O–H groups in total. The second-order valence-corrected chi connectivity index (χ2v) is 6.72. The first-order chi connectivity index (χ1) is 12.2. The van der Waals surface area contributed by atoms with Crippen molar-refractivity contribution in [1.29, 1.82) is 0 Å². The monoisotopic (exact) mass is 338 g/mol. The topological polar surface area (TPSA) is 71.2 Å². The first-order valence-corrected chi connectivity index (χ1v) is 8.91. The van der Waals surface area contributed by atoms with Gasteiger partial charge in [-0.3, -0.25) is 14.7 Å². The number of hydrogen-bond donors (Lipinski definition) is 2. The Balaban J connectivity index is 1.51. The molecule has 1 saturated heterocycles. The minimum Gasteiger partial charge on any atom is -0.369 e. The molecule has 1 aromatic heterocycles. The maximum atomic E-state index is 11.4. The van der Waals surface area contributed by atoms with Crippen molar-refractivity contribution in [3.05, 3.63) is 65.5 Å². The van der Waals surface area contributed by atoms with E-state index in [1.165, 1.54) is 11.1 Å². The molecule has 1 unspecified atom stereocenters. The van der Waals surface area contributed by atoms with E-state index in [4.69, 9.17) is 5.73 Å². The fourth-order valence-corrected chi connectivity index (χ4v) is 3.37. The molecule has 0 bridgehead atoms. The highest BCUT2D eigenvalue weighted by Gasteiger charge is 2.23. The fraction of sp³-hybridized carbons (Fsp3) is 0.400. The second kappa shape index (κ2) is 8.74. The van der Waals surface area contributed by atoms with Crippen molar-refractivity contribution in [3.63, 3.8) is 0 Å². The van der Waals surface area contributed by atoms with Crippen LogP contribution in [0.1, 0.15) is 29.7 Å². The molecular formula is C20H26N4O. The molecule has 2 heterocycles. The van der Waals surface area contributed by atoms with Gasteiger partial charge in [0, 0.05) is 32.4 Å². The molecule has 132 valence electrons. The van der Waals surface area contributed by atoms with Crippen molar-refractivity contribution in [2.45, 2.75) is 32.5 Å². The van der Waals surface area contributed by atoms with Crippen LogP contribution in [-0.2, 0) is 24.4 Å². The average Bonchev–Trinajstić information content (AvgIpc) is 2.63. The highest BCUT2D eigenvalue weighted by Crippen LogP contribution is 2.18. The van der Waals surface area contributed by atoms with Gasteiger partial charge in [0.25, 0.3) is 0 Å². The van der Waals surface area contributed by atoms with E-state index in [2.05, 4.69) is 39.5 Å². The van der Waals surface area contributed by atoms with Crippen molar-refractivity contribution in [3.8, 4) is 0 Å². The summed E-state index contributed by atoms with van der Waals surface area (Å²) in [6.07, 6.45) is 3.78. The molecule has 0 aliphatic carbocycles. The van der Waals surface area contributed by atoms with Crippen molar-refractivity contribution in [2.75, 3.05) is 13.1 Å². The molecule has 1 amide bonds. The van der Waals surface area contributed by atoms with E-state index in [1.807, 2.05) is 24.4 Å². The number of rotatable bonds is 7. The number of pyridine rings is 1. The first-order valence-electron chi connectivity index (χ1n) is 8.91. The van der Waals surface area contributed by atoms with E-state index in [0.717, 1.165) is 51.3 Å². The van der Waals surface area contributed by atoms with Gasteiger partial charge < -0.3 is 11.1 Å². The van der Waals surface area contributed by atoms with Gasteiger partial charge in [0.1, 0.15) is 0 Å². The molecule has 3 rings (SSSR count). The summed E-state index contributed by atoms with van der Waals surface area (Å²) in [5, 5.41) is 3.43. The van der Waals surface area contributed by atoms with E-state index in [1.54, 1.807) is 0 Å². The number of aromatic nitrogens is 1. The van der Waals surface area contributed by atoms with E-state index in [0.29, 0.717) is 0 Å². The number of hydrogen-bond acceptors (Lipinski definition) is 4. The molecule has 2 aromatic rings. The molecule has 5 heteroatoms. The van der Waals surface area contributed by atoms with Crippen molar-refractivity contribution in [2.24, 2.45) is 11.7 Å². The lowest BCUT2D eigenvalue weighted by molar-refractivity contribution is -0.123. The zero-order chi connectivity index (χ0) is 17.5. The summed E-state index contributed by atoms with van der Waals surface area (Å²) in [4.78, 5) is 18.1. The van der Waals surface area contributed by atoms with Crippen molar-refractivity contribution in [1.82, 2.24) is 15.2 Å². The Morgan fingerprint density at radius 1 is 1.20 bits per heavy atom. The van der Waals surface area contributed by atoms with Gasteiger partial charge in [-0.05, 0) is 42.6 Å². The number of likely N-dealkylation sites (tertiary alicyclic amines) is 1. The number of benzene rings is 1. The molecule has 1 aliphatic heterocycles. The molecular weight excluding hydrogens is 312 g/mol. The van der Waals surface area contributed by atoms with E-state index < -0.39 is 0 Å². The van der Waals surface area contributed by atoms with Crippen LogP contribution in [0, 0.1) is 5.92 Å². The minimum atomic E-state index is -0.169. The van der Waals surface area contributed by atoms with Gasteiger partial charge in [-0.25, -0.2) is 0 Å². The van der Waals surface area contributed by atoms with Crippen LogP contribution in [0.2, 0.25) is 0 Å². The van der Waals surface area contributed by atoms with Gasteiger partial charge >= 0.3 is 0 Å². The lowest BCUT2D eigenvalue weighted by Crippen LogP contribution is -2.40. The van der Waals surface area contributed by atoms with Gasteiger partial charge in [0.05, 0.1) is 11.6 Å². The summed E-state index contributed by atoms with van der Waals surface area (Å²) in [5.74, 6) is -0.172. The predicted octanol–water partition coefficient (Wildman–Crippen LogP) is 2.07. The number of carbonyl (C=O) groups is 1. The maximum absolute atomic E-state index is 11.4. The molecule has 0 radical (unpaired) electrons. The summed E-state index contributed by atoms with van der Waals surface area (Å²) < 4.78 is 0. The molecule has 0 spiro atoms. The Morgan fingerprint density at radius 3 is 2.88 bits per heavy atom. The molecule has 1 atom stereocenters. The van der Waals surface area contributed by atoms with Gasteiger partial charge in [-0.1, -0.05) is 30.3 Å². The van der Waals surface area contributed by atoms with Crippen LogP contribution < -0.4 is 11.1 Å². The molecule has 1 aromatic carbocycles. The van der Waals surface area contributed by atoms with Crippen LogP contribution in [0.25, 0.3) is 0 Å². The van der Waals surface area contributed by atoms with Gasteiger partial charge in [0.2, 0.25) is 5.91 Å². The van der Waals surface area contributed by atoms with Crippen LogP contribution in [0.5, 0.6) is 0 Å². The minimum absolute atomic E-state index is 0.00280. The summed E-state index contributed by atoms with van der Waals surface area (Å²) in [7, 11) is 0. The van der Waals surface area contributed by atoms with Crippen LogP contribution in [0.4, 0.5) is 0 Å². The third-order valence-electron chi connectivity index (χ3n) is 4.67. The Morgan fingerprint density at radius 2 is 2.08 bits per heavy atom. The number of nitrogens with zero attached hydrogens (tertiary/aromatic N) is 2. The Bertz CT molecular complexity index is 689. The summed E-state index contributed by atoms with van der Waals surface area (Å²) in [6.45, 7) is 4.26. The molecule has 0 saturated carbocycles. The Hall–Kier alpha value is -2.24. The van der Waals surface area contributed by atoms with Gasteiger partial charge in [-0.2, -0.15) is 0 Å². The van der Waals surface area contributed by atoms with Crippen LogP contribution in [0.3, 0.4) is 0 Å². The highest BCUT2D eigenvalue weighted by molar-refractivity contribution is 5.76. The van der Waals surface area contributed by atoms with E-state index >= 15 is 0 Å². The number of primary amides is 1. The van der Waals surface area contributed by atoms with E-state index in [-0.39, 0.29) is 11.8 Å². The van der Waals surface area contributed by atoms with Crippen molar-refractivity contribution >= 4 is 5.91 Å². The molecule has 25 heavy (non-hydrogen) atoms. The number of piperidine rings is 1. The molecule has 5 nitrogen and oxygen atoms in total. The normalized spacial score (nSPS) is 18.2. The van der Waals surface area contributed by atoms with Crippen LogP contribution in [0.15, 0.2) is 48.7 Å². The van der Waals surface area contributed by atoms with Crippen LogP contribution in [-0.4, -0.2) is 28.9 Å². The zero-order valence-electron chi connectivity index (χ0n) is 14.5. The third kappa shape index (κ3) is 5.37. The SMILES string of the molecule is NC(=O)C1CCCN(Cc2cccc(CNCc3ccccn3)c2)C1. The maximum Gasteiger partial charge on any atom is 0.221 e. The van der Waals surface area contributed by atoms with Gasteiger partial charge in [0.15, 0.2) is 0 Å². The molecule has 1 fully saturated rings. The van der Waals surface area contributed by atoms with Crippen LogP contribution >= 0.6 is 0 Å². The zero-order valence-corrected chi connectivity index (χ0v) is 14.5. The summed E-state index contributed by atoms with van der Waals surface area (Å²) >= 11 is 0. The number of amides is 1. The number of carbonyl (C=O) groups excluding carboxylic acids is 1. The Kier molecular flexibility index (Phi) is 6.14. The first kappa shape index (κ1) is 17.6. The second-order valence-electron chi connectivity index (χ2n) is 6.72. The molecule has 1 aliphatic rings. The predicted molar refractivity (Wildman–Crippen MR) is 98.4 cm³/mol. The Labute approximate surface area is 149 Å². The number of nitrogens with two attached hydrogens (primary N) is 1. The largest absolute Gasteiger partial charge is 0.369 e. The standard InChI is InChI=1S/C20H26N4O/c21-20(25)18-7-4-10-24(15-18)14-17-6-3-5-16(11-17)12-22-13-19-8-1-2-9-23-19/h1-3,5-6,8-9,11,18,22H,4,7,10,12-15H2,(H2,21,25). The lowest BCUT2D eigenvalue weighted by atomic mass is 9.97.